The van der Waals surface area contributed by atoms with E-state index < -0.39 is 16.0 Å². The molecule has 2 saturated heterocycles. The zero-order valence-electron chi connectivity index (χ0n) is 21.2. The van der Waals surface area contributed by atoms with Crippen LogP contribution in [0.1, 0.15) is 68.6 Å². The van der Waals surface area contributed by atoms with Crippen LogP contribution in [0, 0.1) is 5.92 Å². The fourth-order valence-corrected chi connectivity index (χ4v) is 6.68. The van der Waals surface area contributed by atoms with Gasteiger partial charge in [-0.15, -0.1) is 0 Å². The van der Waals surface area contributed by atoms with E-state index in [9.17, 15) is 23.1 Å². The number of carboxylic acids is 1. The van der Waals surface area contributed by atoms with Crippen molar-refractivity contribution < 1.29 is 23.1 Å². The largest absolute Gasteiger partial charge is 0.481 e. The number of carbonyl (C=O) groups excluding carboxylic acids is 1. The van der Waals surface area contributed by atoms with Crippen LogP contribution in [-0.2, 0) is 14.8 Å². The molecule has 1 aliphatic carbocycles. The molecule has 200 valence electrons. The van der Waals surface area contributed by atoms with Crippen molar-refractivity contribution in [2.24, 2.45) is 5.92 Å². The van der Waals surface area contributed by atoms with Crippen molar-refractivity contribution in [1.29, 1.82) is 0 Å². The average Bonchev–Trinajstić information content (AvgIpc) is 2.89. The first-order valence-electron chi connectivity index (χ1n) is 13.3. The molecule has 11 heteroatoms. The van der Waals surface area contributed by atoms with E-state index in [1.807, 2.05) is 17.0 Å². The van der Waals surface area contributed by atoms with Gasteiger partial charge in [-0.25, -0.2) is 13.4 Å². The molecule has 1 aromatic heterocycles. The number of nitrogens with zero attached hydrogens (tertiary/aromatic N) is 4. The van der Waals surface area contributed by atoms with Crippen LogP contribution in [0.15, 0.2) is 12.1 Å². The highest BCUT2D eigenvalue weighted by Crippen LogP contribution is 2.29. The molecule has 1 aromatic rings. The molecule has 2 N–H and O–H groups in total. The molecule has 0 spiro atoms. The fraction of sp³-hybridized carbons (Fsp3) is 0.720. The number of nitrogens with one attached hydrogen (secondary N) is 1. The molecule has 1 atom stereocenters. The summed E-state index contributed by atoms with van der Waals surface area (Å²) in [6, 6.07) is 3.86. The molecule has 36 heavy (non-hydrogen) atoms. The number of piperidine rings is 1. The summed E-state index contributed by atoms with van der Waals surface area (Å²) in [5.41, 5.74) is 0.509. The van der Waals surface area contributed by atoms with E-state index >= 15 is 0 Å². The Labute approximate surface area is 214 Å². The fourth-order valence-electron chi connectivity index (χ4n) is 5.59. The van der Waals surface area contributed by atoms with Crippen molar-refractivity contribution in [2.45, 2.75) is 64.3 Å². The van der Waals surface area contributed by atoms with Gasteiger partial charge < -0.3 is 20.2 Å². The molecular formula is C25H39N5O5S. The number of sulfonamides is 1. The van der Waals surface area contributed by atoms with Crippen molar-refractivity contribution in [1.82, 2.24) is 14.6 Å². The van der Waals surface area contributed by atoms with Crippen LogP contribution in [0.3, 0.4) is 0 Å². The molecule has 0 radical (unpaired) electrons. The average molecular weight is 522 g/mol. The third-order valence-corrected chi connectivity index (χ3v) is 9.53. The predicted molar refractivity (Wildman–Crippen MR) is 139 cm³/mol. The maximum absolute atomic E-state index is 13.3. The van der Waals surface area contributed by atoms with Crippen LogP contribution in [0.2, 0.25) is 0 Å². The minimum absolute atomic E-state index is 0.0681. The van der Waals surface area contributed by atoms with Gasteiger partial charge in [0.05, 0.1) is 11.3 Å². The maximum Gasteiger partial charge on any atom is 0.303 e. The molecule has 4 rings (SSSR count). The Bertz CT molecular complexity index is 1040. The third-order valence-electron chi connectivity index (χ3n) is 7.65. The maximum atomic E-state index is 13.3. The van der Waals surface area contributed by atoms with Gasteiger partial charge in [0, 0.05) is 51.7 Å². The number of aromatic nitrogens is 1. The number of rotatable bonds is 8. The molecular weight excluding hydrogens is 482 g/mol. The summed E-state index contributed by atoms with van der Waals surface area (Å²) in [5.74, 6) is 0.528. The van der Waals surface area contributed by atoms with E-state index in [1.165, 1.54) is 10.7 Å². The highest BCUT2D eigenvalue weighted by molar-refractivity contribution is 7.89. The van der Waals surface area contributed by atoms with Crippen LogP contribution in [-0.4, -0.2) is 85.8 Å². The number of piperazine rings is 1. The van der Waals surface area contributed by atoms with Crippen LogP contribution < -0.4 is 15.1 Å². The first-order chi connectivity index (χ1) is 17.3. The lowest BCUT2D eigenvalue weighted by atomic mass is 9.95. The van der Waals surface area contributed by atoms with Crippen LogP contribution in [0.5, 0.6) is 0 Å². The van der Waals surface area contributed by atoms with Crippen molar-refractivity contribution in [2.75, 3.05) is 54.8 Å². The first kappa shape index (κ1) is 26.7. The Hall–Kier alpha value is -2.40. The minimum atomic E-state index is -3.26. The Morgan fingerprint density at radius 2 is 1.72 bits per heavy atom. The van der Waals surface area contributed by atoms with Crippen molar-refractivity contribution in [3.63, 3.8) is 0 Å². The van der Waals surface area contributed by atoms with Gasteiger partial charge in [-0.2, -0.15) is 4.31 Å². The van der Waals surface area contributed by atoms with E-state index in [2.05, 4.69) is 10.2 Å². The normalized spacial score (nSPS) is 22.4. The number of pyridine rings is 1. The summed E-state index contributed by atoms with van der Waals surface area (Å²) in [5, 5.41) is 12.4. The standard InChI is InChI=1S/C25H39N5O5S/c1-2-36(34,35)30-15-13-28(14-16-30)24-21(25(33)26-20-8-4-3-5-9-20)10-11-22(27-24)29-12-6-7-19(18-29)17-23(31)32/h10-11,19-20H,2-9,12-18H2,1H3,(H,26,33)(H,31,32). The second kappa shape index (κ2) is 11.8. The third kappa shape index (κ3) is 6.47. The van der Waals surface area contributed by atoms with Gasteiger partial charge in [-0.3, -0.25) is 9.59 Å². The van der Waals surface area contributed by atoms with Crippen molar-refractivity contribution >= 4 is 33.5 Å². The van der Waals surface area contributed by atoms with Gasteiger partial charge in [0.25, 0.3) is 5.91 Å². The second-order valence-electron chi connectivity index (χ2n) is 10.2. The molecule has 3 heterocycles. The van der Waals surface area contributed by atoms with E-state index in [-0.39, 0.29) is 30.0 Å². The lowest BCUT2D eigenvalue weighted by molar-refractivity contribution is -0.138. The number of carbonyl (C=O) groups is 2. The topological polar surface area (TPSA) is 123 Å². The van der Waals surface area contributed by atoms with Crippen molar-refractivity contribution in [3.8, 4) is 0 Å². The van der Waals surface area contributed by atoms with Crippen LogP contribution in [0.4, 0.5) is 11.6 Å². The monoisotopic (exact) mass is 521 g/mol. The minimum Gasteiger partial charge on any atom is -0.481 e. The van der Waals surface area contributed by atoms with Gasteiger partial charge in [-0.1, -0.05) is 19.3 Å². The number of hydrogen-bond acceptors (Lipinski definition) is 7. The summed E-state index contributed by atoms with van der Waals surface area (Å²) in [7, 11) is -3.26. The van der Waals surface area contributed by atoms with Gasteiger partial charge >= 0.3 is 5.97 Å². The lowest BCUT2D eigenvalue weighted by Crippen LogP contribution is -2.50. The Balaban J connectivity index is 1.57. The first-order valence-corrected chi connectivity index (χ1v) is 14.9. The lowest BCUT2D eigenvalue weighted by Gasteiger charge is -2.37. The SMILES string of the molecule is CCS(=O)(=O)N1CCN(c2nc(N3CCCC(CC(=O)O)C3)ccc2C(=O)NC2CCCCC2)CC1. The number of anilines is 2. The Kier molecular flexibility index (Phi) is 8.71. The second-order valence-corrected chi connectivity index (χ2v) is 12.4. The van der Waals surface area contributed by atoms with E-state index in [1.54, 1.807) is 6.92 Å². The van der Waals surface area contributed by atoms with Crippen LogP contribution in [0.25, 0.3) is 0 Å². The van der Waals surface area contributed by atoms with Gasteiger partial charge in [0.15, 0.2) is 0 Å². The summed E-state index contributed by atoms with van der Waals surface area (Å²) in [6.07, 6.45) is 7.33. The Morgan fingerprint density at radius 3 is 2.39 bits per heavy atom. The summed E-state index contributed by atoms with van der Waals surface area (Å²) >= 11 is 0. The molecule has 1 saturated carbocycles. The zero-order valence-corrected chi connectivity index (χ0v) is 22.0. The molecule has 3 fully saturated rings. The summed E-state index contributed by atoms with van der Waals surface area (Å²) in [4.78, 5) is 33.6. The number of amides is 1. The van der Waals surface area contributed by atoms with E-state index in [4.69, 9.17) is 4.98 Å². The van der Waals surface area contributed by atoms with Gasteiger partial charge in [-0.05, 0) is 50.7 Å². The van der Waals surface area contributed by atoms with Gasteiger partial charge in [0.1, 0.15) is 11.6 Å². The molecule has 2 aliphatic heterocycles. The molecule has 10 nitrogen and oxygen atoms in total. The van der Waals surface area contributed by atoms with Gasteiger partial charge in [0.2, 0.25) is 10.0 Å². The quantitative estimate of drug-likeness (QED) is 0.534. The highest BCUT2D eigenvalue weighted by Gasteiger charge is 2.30. The summed E-state index contributed by atoms with van der Waals surface area (Å²) < 4.78 is 26.2. The molecule has 0 aromatic carbocycles. The number of hydrogen-bond donors (Lipinski definition) is 2. The summed E-state index contributed by atoms with van der Waals surface area (Å²) in [6.45, 7) is 4.69. The smallest absolute Gasteiger partial charge is 0.303 e. The molecule has 3 aliphatic rings. The number of carboxylic acid groups (broad SMARTS) is 1. The van der Waals surface area contributed by atoms with Crippen LogP contribution >= 0.6 is 0 Å². The molecule has 1 unspecified atom stereocenters. The van der Waals surface area contributed by atoms with Crippen molar-refractivity contribution in [3.05, 3.63) is 17.7 Å². The van der Waals surface area contributed by atoms with E-state index in [0.29, 0.717) is 44.1 Å². The van der Waals surface area contributed by atoms with E-state index in [0.717, 1.165) is 50.9 Å². The predicted octanol–water partition coefficient (Wildman–Crippen LogP) is 2.31. The zero-order chi connectivity index (χ0) is 25.7. The Morgan fingerprint density at radius 1 is 1.00 bits per heavy atom. The number of aliphatic carboxylic acids is 1. The molecule has 1 amide bonds. The highest BCUT2D eigenvalue weighted by atomic mass is 32.2. The molecule has 0 bridgehead atoms.